The highest BCUT2D eigenvalue weighted by Crippen LogP contribution is 2.28. The van der Waals surface area contributed by atoms with Crippen LogP contribution in [0.2, 0.25) is 0 Å². The summed E-state index contributed by atoms with van der Waals surface area (Å²) < 4.78 is 12.9. The number of carbonyl (C=O) groups is 1. The fraction of sp³-hybridized carbons (Fsp3) is 0.360. The molecule has 1 fully saturated rings. The van der Waals surface area contributed by atoms with Crippen molar-refractivity contribution in [1.82, 2.24) is 10.2 Å². The lowest BCUT2D eigenvalue weighted by Gasteiger charge is -2.39. The van der Waals surface area contributed by atoms with E-state index in [-0.39, 0.29) is 17.8 Å². The smallest absolute Gasteiger partial charge is 0.244 e. The molecule has 154 valence electrons. The van der Waals surface area contributed by atoms with Gasteiger partial charge in [0, 0.05) is 31.2 Å². The Morgan fingerprint density at radius 1 is 1.10 bits per heavy atom. The Morgan fingerprint density at radius 3 is 2.60 bits per heavy atom. The Labute approximate surface area is 177 Å². The van der Waals surface area contributed by atoms with Crippen LogP contribution in [-0.4, -0.2) is 29.4 Å². The lowest BCUT2D eigenvalue weighted by molar-refractivity contribution is -0.117. The van der Waals surface area contributed by atoms with E-state index in [2.05, 4.69) is 22.4 Å². The van der Waals surface area contributed by atoms with E-state index in [1.807, 2.05) is 12.1 Å². The standard InChI is InChI=1S/C25H26FN3O/c26-22-6-2-18(3-7-22)4-12-25(30)28-23-8-10-24(11-9-23)29-14-13-20-15-19(16-27)1-5-21(20)17-29/h1-7,12,15,23-24H,8-11,13-14,17H2,(H,28,30)/b12-4+. The van der Waals surface area contributed by atoms with Crippen molar-refractivity contribution >= 4 is 12.0 Å². The van der Waals surface area contributed by atoms with Crippen LogP contribution < -0.4 is 5.32 Å². The first-order valence-electron chi connectivity index (χ1n) is 10.6. The summed E-state index contributed by atoms with van der Waals surface area (Å²) in [6.07, 6.45) is 8.36. The number of hydrogen-bond acceptors (Lipinski definition) is 3. The summed E-state index contributed by atoms with van der Waals surface area (Å²) in [7, 11) is 0. The summed E-state index contributed by atoms with van der Waals surface area (Å²) in [4.78, 5) is 14.8. The van der Waals surface area contributed by atoms with Crippen LogP contribution in [-0.2, 0) is 17.8 Å². The number of amides is 1. The summed E-state index contributed by atoms with van der Waals surface area (Å²) in [5, 5.41) is 12.2. The monoisotopic (exact) mass is 403 g/mol. The molecule has 2 aromatic carbocycles. The van der Waals surface area contributed by atoms with Crippen LogP contribution in [0.4, 0.5) is 4.39 Å². The summed E-state index contributed by atoms with van der Waals surface area (Å²) in [6.45, 7) is 1.98. The number of rotatable bonds is 4. The van der Waals surface area contributed by atoms with Crippen LogP contribution in [0.5, 0.6) is 0 Å². The molecule has 4 rings (SSSR count). The van der Waals surface area contributed by atoms with E-state index < -0.39 is 0 Å². The zero-order chi connectivity index (χ0) is 20.9. The Hall–Kier alpha value is -2.97. The molecule has 1 aliphatic carbocycles. The Bertz CT molecular complexity index is 969. The van der Waals surface area contributed by atoms with Crippen LogP contribution in [0.25, 0.3) is 6.08 Å². The molecule has 0 spiro atoms. The van der Waals surface area contributed by atoms with Gasteiger partial charge in [-0.3, -0.25) is 9.69 Å². The maximum absolute atomic E-state index is 12.9. The van der Waals surface area contributed by atoms with Gasteiger partial charge in [0.2, 0.25) is 5.91 Å². The second-order valence-electron chi connectivity index (χ2n) is 8.21. The van der Waals surface area contributed by atoms with Gasteiger partial charge in [0.15, 0.2) is 0 Å². The molecular formula is C25H26FN3O. The van der Waals surface area contributed by atoms with E-state index in [1.165, 1.54) is 29.3 Å². The van der Waals surface area contributed by atoms with Crippen molar-refractivity contribution in [3.8, 4) is 6.07 Å². The Morgan fingerprint density at radius 2 is 1.87 bits per heavy atom. The Balaban J connectivity index is 1.25. The molecule has 0 radical (unpaired) electrons. The van der Waals surface area contributed by atoms with Crippen molar-refractivity contribution in [2.45, 2.75) is 50.7 Å². The first-order chi connectivity index (χ1) is 14.6. The highest BCUT2D eigenvalue weighted by atomic mass is 19.1. The lowest BCUT2D eigenvalue weighted by atomic mass is 9.88. The number of hydrogen-bond donors (Lipinski definition) is 1. The third-order valence-corrected chi connectivity index (χ3v) is 6.23. The minimum Gasteiger partial charge on any atom is -0.350 e. The van der Waals surface area contributed by atoms with E-state index in [0.29, 0.717) is 6.04 Å². The molecule has 2 aromatic rings. The highest BCUT2D eigenvalue weighted by Gasteiger charge is 2.28. The van der Waals surface area contributed by atoms with E-state index >= 15 is 0 Å². The summed E-state index contributed by atoms with van der Waals surface area (Å²) in [5.41, 5.74) is 4.19. The molecule has 4 nitrogen and oxygen atoms in total. The average molecular weight is 404 g/mol. The fourth-order valence-electron chi connectivity index (χ4n) is 4.54. The number of fused-ring (bicyclic) bond motifs is 1. The number of nitrogens with zero attached hydrogens (tertiary/aromatic N) is 2. The van der Waals surface area contributed by atoms with Crippen molar-refractivity contribution in [3.05, 3.63) is 76.6 Å². The predicted octanol–water partition coefficient (Wildman–Crippen LogP) is 4.20. The third kappa shape index (κ3) is 4.95. The zero-order valence-electron chi connectivity index (χ0n) is 17.0. The lowest BCUT2D eigenvalue weighted by Crippen LogP contribution is -2.45. The van der Waals surface area contributed by atoms with Crippen LogP contribution >= 0.6 is 0 Å². The molecule has 1 amide bonds. The van der Waals surface area contributed by atoms with Gasteiger partial charge in [-0.25, -0.2) is 4.39 Å². The topological polar surface area (TPSA) is 56.1 Å². The van der Waals surface area contributed by atoms with Crippen molar-refractivity contribution in [3.63, 3.8) is 0 Å². The number of nitrogens with one attached hydrogen (secondary N) is 1. The molecule has 0 aromatic heterocycles. The highest BCUT2D eigenvalue weighted by molar-refractivity contribution is 5.91. The second kappa shape index (κ2) is 9.23. The minimum absolute atomic E-state index is 0.0945. The second-order valence-corrected chi connectivity index (χ2v) is 8.21. The van der Waals surface area contributed by atoms with Crippen LogP contribution in [0.1, 0.15) is 47.9 Å². The maximum Gasteiger partial charge on any atom is 0.244 e. The molecule has 2 aliphatic rings. The van der Waals surface area contributed by atoms with E-state index in [9.17, 15) is 9.18 Å². The van der Waals surface area contributed by atoms with Crippen molar-refractivity contribution in [2.24, 2.45) is 0 Å². The number of carbonyl (C=O) groups excluding carboxylic acids is 1. The molecule has 0 bridgehead atoms. The van der Waals surface area contributed by atoms with Gasteiger partial charge in [-0.1, -0.05) is 18.2 Å². The molecule has 5 heteroatoms. The predicted molar refractivity (Wildman–Crippen MR) is 115 cm³/mol. The SMILES string of the molecule is N#Cc1ccc2c(c1)CCN(C1CCC(NC(=O)/C=C/c3ccc(F)cc3)CC1)C2. The number of halogens is 1. The van der Waals surface area contributed by atoms with Gasteiger partial charge in [-0.05, 0) is 79.1 Å². The molecule has 0 saturated heterocycles. The third-order valence-electron chi connectivity index (χ3n) is 6.23. The first kappa shape index (κ1) is 20.3. The summed E-state index contributed by atoms with van der Waals surface area (Å²) in [6, 6.07) is 15.1. The van der Waals surface area contributed by atoms with Gasteiger partial charge in [-0.15, -0.1) is 0 Å². The molecule has 1 aliphatic heterocycles. The largest absolute Gasteiger partial charge is 0.350 e. The molecule has 1 N–H and O–H groups in total. The van der Waals surface area contributed by atoms with Crippen molar-refractivity contribution in [1.29, 1.82) is 5.26 Å². The van der Waals surface area contributed by atoms with Crippen LogP contribution in [0.3, 0.4) is 0 Å². The zero-order valence-corrected chi connectivity index (χ0v) is 17.0. The molecule has 30 heavy (non-hydrogen) atoms. The fourth-order valence-corrected chi connectivity index (χ4v) is 4.54. The number of benzene rings is 2. The van der Waals surface area contributed by atoms with Gasteiger partial charge < -0.3 is 5.32 Å². The van der Waals surface area contributed by atoms with Gasteiger partial charge >= 0.3 is 0 Å². The number of nitriles is 1. The molecule has 1 saturated carbocycles. The molecular weight excluding hydrogens is 377 g/mol. The van der Waals surface area contributed by atoms with Crippen molar-refractivity contribution in [2.75, 3.05) is 6.54 Å². The van der Waals surface area contributed by atoms with Gasteiger partial charge in [0.05, 0.1) is 11.6 Å². The van der Waals surface area contributed by atoms with Gasteiger partial charge in [0.25, 0.3) is 0 Å². The average Bonchev–Trinajstić information content (AvgIpc) is 2.78. The van der Waals surface area contributed by atoms with Crippen LogP contribution in [0.15, 0.2) is 48.5 Å². The molecule has 0 unspecified atom stereocenters. The normalized spacial score (nSPS) is 21.7. The molecule has 0 atom stereocenters. The summed E-state index contributed by atoms with van der Waals surface area (Å²) in [5.74, 6) is -0.375. The summed E-state index contributed by atoms with van der Waals surface area (Å²) >= 11 is 0. The Kier molecular flexibility index (Phi) is 6.25. The van der Waals surface area contributed by atoms with E-state index in [0.717, 1.165) is 56.3 Å². The minimum atomic E-state index is -0.280. The van der Waals surface area contributed by atoms with Gasteiger partial charge in [-0.2, -0.15) is 5.26 Å². The van der Waals surface area contributed by atoms with Crippen molar-refractivity contribution < 1.29 is 9.18 Å². The first-order valence-corrected chi connectivity index (χ1v) is 10.6. The quantitative estimate of drug-likeness (QED) is 0.779. The van der Waals surface area contributed by atoms with Gasteiger partial charge in [0.1, 0.15) is 5.82 Å². The van der Waals surface area contributed by atoms with E-state index in [1.54, 1.807) is 18.2 Å². The maximum atomic E-state index is 12.9. The van der Waals surface area contributed by atoms with E-state index in [4.69, 9.17) is 5.26 Å². The van der Waals surface area contributed by atoms with Crippen LogP contribution in [0, 0.1) is 17.1 Å². The molecule has 1 heterocycles.